The van der Waals surface area contributed by atoms with Crippen molar-refractivity contribution in [2.75, 3.05) is 13.3 Å². The number of hydrogen-bond donors (Lipinski definition) is 0. The van der Waals surface area contributed by atoms with E-state index in [1.54, 1.807) is 6.26 Å². The van der Waals surface area contributed by atoms with Gasteiger partial charge in [-0.2, -0.15) is 4.98 Å². The second-order valence-electron chi connectivity index (χ2n) is 6.93. The maximum atomic E-state index is 5.68. The first-order chi connectivity index (χ1) is 13.4. The minimum absolute atomic E-state index is 0.249. The van der Waals surface area contributed by atoms with Gasteiger partial charge in [-0.1, -0.05) is 18.0 Å². The fourth-order valence-corrected chi connectivity index (χ4v) is 3.81. The van der Waals surface area contributed by atoms with Gasteiger partial charge in [0, 0.05) is 5.56 Å². The monoisotopic (exact) mass is 367 g/mol. The number of furan rings is 1. The first-order valence-corrected chi connectivity index (χ1v) is 9.37. The van der Waals surface area contributed by atoms with Crippen LogP contribution in [0, 0.1) is 0 Å². The molecule has 0 bridgehead atoms. The molecule has 0 amide bonds. The van der Waals surface area contributed by atoms with E-state index in [2.05, 4.69) is 21.1 Å². The van der Waals surface area contributed by atoms with Crippen molar-refractivity contribution >= 4 is 0 Å². The Labute approximate surface area is 156 Å². The molecular formula is C20H21N3O4. The van der Waals surface area contributed by atoms with Crippen LogP contribution in [0.1, 0.15) is 43.4 Å². The molecule has 7 nitrogen and oxygen atoms in total. The van der Waals surface area contributed by atoms with E-state index in [0.29, 0.717) is 24.0 Å². The van der Waals surface area contributed by atoms with E-state index in [0.717, 1.165) is 30.0 Å². The van der Waals surface area contributed by atoms with Crippen molar-refractivity contribution < 1.29 is 18.4 Å². The molecule has 0 saturated carbocycles. The van der Waals surface area contributed by atoms with Gasteiger partial charge in [-0.15, -0.1) is 0 Å². The maximum Gasteiger partial charge on any atom is 0.241 e. The molecule has 2 aliphatic heterocycles. The summed E-state index contributed by atoms with van der Waals surface area (Å²) < 4.78 is 22.0. The smallest absolute Gasteiger partial charge is 0.241 e. The predicted octanol–water partition coefficient (Wildman–Crippen LogP) is 4.18. The minimum atomic E-state index is 0.249. The van der Waals surface area contributed by atoms with Gasteiger partial charge in [0.15, 0.2) is 11.5 Å². The van der Waals surface area contributed by atoms with E-state index in [1.807, 2.05) is 24.3 Å². The SMILES string of the molecule is c1coc(C2CCCCCN2Cc2nc(-c3ccc4c(c3)OCO4)no2)c1. The van der Waals surface area contributed by atoms with Crippen molar-refractivity contribution in [1.29, 1.82) is 0 Å². The van der Waals surface area contributed by atoms with Crippen molar-refractivity contribution in [3.63, 3.8) is 0 Å². The Kier molecular flexibility index (Phi) is 4.29. The number of rotatable bonds is 4. The number of likely N-dealkylation sites (tertiary alicyclic amines) is 1. The zero-order valence-corrected chi connectivity index (χ0v) is 15.0. The summed E-state index contributed by atoms with van der Waals surface area (Å²) in [6, 6.07) is 9.92. The standard InChI is InChI=1S/C20H21N3O4/c1-2-5-15(16-6-4-10-24-16)23(9-3-1)12-19-21-20(22-27-19)14-7-8-17-18(11-14)26-13-25-17/h4,6-8,10-11,15H,1-3,5,9,12-13H2. The zero-order valence-electron chi connectivity index (χ0n) is 15.0. The predicted molar refractivity (Wildman–Crippen MR) is 96.2 cm³/mol. The molecule has 2 aliphatic rings. The van der Waals surface area contributed by atoms with Gasteiger partial charge < -0.3 is 18.4 Å². The lowest BCUT2D eigenvalue weighted by Gasteiger charge is -2.26. The van der Waals surface area contributed by atoms with E-state index in [4.69, 9.17) is 18.4 Å². The van der Waals surface area contributed by atoms with Crippen LogP contribution in [-0.2, 0) is 6.54 Å². The Morgan fingerprint density at radius 2 is 2.04 bits per heavy atom. The number of ether oxygens (including phenoxy) is 2. The molecule has 1 aromatic carbocycles. The molecule has 1 atom stereocenters. The molecule has 1 fully saturated rings. The van der Waals surface area contributed by atoms with Crippen molar-refractivity contribution in [3.8, 4) is 22.9 Å². The summed E-state index contributed by atoms with van der Waals surface area (Å²) in [7, 11) is 0. The maximum absolute atomic E-state index is 5.68. The van der Waals surface area contributed by atoms with Gasteiger partial charge in [0.1, 0.15) is 5.76 Å². The summed E-state index contributed by atoms with van der Waals surface area (Å²) in [5.41, 5.74) is 0.854. The van der Waals surface area contributed by atoms with Crippen LogP contribution in [0.3, 0.4) is 0 Å². The molecule has 4 heterocycles. The second kappa shape index (κ2) is 7.08. The zero-order chi connectivity index (χ0) is 18.1. The van der Waals surface area contributed by atoms with Crippen molar-refractivity contribution in [1.82, 2.24) is 15.0 Å². The lowest BCUT2D eigenvalue weighted by Crippen LogP contribution is -2.28. The van der Waals surface area contributed by atoms with Crippen molar-refractivity contribution in [2.24, 2.45) is 0 Å². The van der Waals surface area contributed by atoms with E-state index in [-0.39, 0.29) is 12.8 Å². The molecule has 7 heteroatoms. The first kappa shape index (κ1) is 16.4. The highest BCUT2D eigenvalue weighted by Gasteiger charge is 2.26. The third kappa shape index (κ3) is 3.30. The molecule has 0 aliphatic carbocycles. The van der Waals surface area contributed by atoms with E-state index in [9.17, 15) is 0 Å². The summed E-state index contributed by atoms with van der Waals surface area (Å²) in [5.74, 6) is 3.64. The molecule has 27 heavy (non-hydrogen) atoms. The Bertz CT molecular complexity index is 906. The van der Waals surface area contributed by atoms with Gasteiger partial charge in [-0.25, -0.2) is 0 Å². The van der Waals surface area contributed by atoms with Crippen LogP contribution >= 0.6 is 0 Å². The summed E-state index contributed by atoms with van der Waals surface area (Å²) in [6.07, 6.45) is 6.42. The van der Waals surface area contributed by atoms with Gasteiger partial charge in [0.25, 0.3) is 0 Å². The quantitative estimate of drug-likeness (QED) is 0.685. The summed E-state index contributed by atoms with van der Waals surface area (Å²) in [5, 5.41) is 4.16. The van der Waals surface area contributed by atoms with Crippen LogP contribution < -0.4 is 9.47 Å². The fourth-order valence-electron chi connectivity index (χ4n) is 3.81. The summed E-state index contributed by atoms with van der Waals surface area (Å²) in [6.45, 7) is 1.86. The first-order valence-electron chi connectivity index (χ1n) is 9.37. The molecule has 0 spiro atoms. The summed E-state index contributed by atoms with van der Waals surface area (Å²) >= 11 is 0. The molecule has 0 N–H and O–H groups in total. The topological polar surface area (TPSA) is 73.8 Å². The molecule has 5 rings (SSSR count). The normalized spacial score (nSPS) is 19.9. The Morgan fingerprint density at radius 1 is 1.07 bits per heavy atom. The van der Waals surface area contributed by atoms with Gasteiger partial charge >= 0.3 is 0 Å². The highest BCUT2D eigenvalue weighted by molar-refractivity contribution is 5.61. The van der Waals surface area contributed by atoms with Crippen molar-refractivity contribution in [2.45, 2.75) is 38.3 Å². The van der Waals surface area contributed by atoms with Crippen LogP contribution in [-0.4, -0.2) is 28.4 Å². The van der Waals surface area contributed by atoms with Crippen LogP contribution in [0.2, 0.25) is 0 Å². The van der Waals surface area contributed by atoms with E-state index < -0.39 is 0 Å². The Morgan fingerprint density at radius 3 is 2.96 bits per heavy atom. The van der Waals surface area contributed by atoms with Crippen LogP contribution in [0.4, 0.5) is 0 Å². The molecule has 3 aromatic rings. The Balaban J connectivity index is 1.36. The van der Waals surface area contributed by atoms with Crippen LogP contribution in [0.15, 0.2) is 45.5 Å². The molecule has 1 unspecified atom stereocenters. The Hall–Kier alpha value is -2.80. The number of fused-ring (bicyclic) bond motifs is 1. The van der Waals surface area contributed by atoms with E-state index in [1.165, 1.54) is 19.3 Å². The molecule has 2 aromatic heterocycles. The highest BCUT2D eigenvalue weighted by atomic mass is 16.7. The lowest BCUT2D eigenvalue weighted by atomic mass is 10.1. The molecule has 1 saturated heterocycles. The average molecular weight is 367 g/mol. The minimum Gasteiger partial charge on any atom is -0.468 e. The molecule has 140 valence electrons. The van der Waals surface area contributed by atoms with Crippen LogP contribution in [0.25, 0.3) is 11.4 Å². The third-order valence-electron chi connectivity index (χ3n) is 5.17. The van der Waals surface area contributed by atoms with Gasteiger partial charge in [0.05, 0.1) is 18.8 Å². The lowest BCUT2D eigenvalue weighted by molar-refractivity contribution is 0.150. The highest BCUT2D eigenvalue weighted by Crippen LogP contribution is 2.35. The van der Waals surface area contributed by atoms with Gasteiger partial charge in [0.2, 0.25) is 18.5 Å². The second-order valence-corrected chi connectivity index (χ2v) is 6.93. The molecular weight excluding hydrogens is 346 g/mol. The third-order valence-corrected chi connectivity index (χ3v) is 5.17. The number of nitrogens with zero attached hydrogens (tertiary/aromatic N) is 3. The largest absolute Gasteiger partial charge is 0.468 e. The number of hydrogen-bond acceptors (Lipinski definition) is 7. The van der Waals surface area contributed by atoms with Gasteiger partial charge in [-0.05, 0) is 49.7 Å². The van der Waals surface area contributed by atoms with Crippen LogP contribution in [0.5, 0.6) is 11.5 Å². The number of aromatic nitrogens is 2. The average Bonchev–Trinajstić information content (AvgIpc) is 3.42. The fraction of sp³-hybridized carbons (Fsp3) is 0.400. The van der Waals surface area contributed by atoms with E-state index >= 15 is 0 Å². The molecule has 0 radical (unpaired) electrons. The van der Waals surface area contributed by atoms with Crippen molar-refractivity contribution in [3.05, 3.63) is 48.2 Å². The summed E-state index contributed by atoms with van der Waals surface area (Å²) in [4.78, 5) is 6.98. The van der Waals surface area contributed by atoms with Gasteiger partial charge in [-0.3, -0.25) is 4.90 Å². The number of benzene rings is 1.